The first-order chi connectivity index (χ1) is 11.5. The van der Waals surface area contributed by atoms with Gasteiger partial charge in [0.25, 0.3) is 11.6 Å². The van der Waals surface area contributed by atoms with Gasteiger partial charge in [-0.25, -0.2) is 0 Å². The molecular weight excluding hydrogens is 347 g/mol. The van der Waals surface area contributed by atoms with E-state index in [1.54, 1.807) is 0 Å². The maximum Gasteiger partial charge on any atom is 0.438 e. The highest BCUT2D eigenvalue weighted by molar-refractivity contribution is 5.90. The quantitative estimate of drug-likeness (QED) is 0.654. The van der Waals surface area contributed by atoms with Crippen molar-refractivity contribution in [3.05, 3.63) is 34.4 Å². The van der Waals surface area contributed by atoms with Gasteiger partial charge in [-0.3, -0.25) is 14.9 Å². The summed E-state index contributed by atoms with van der Waals surface area (Å²) in [7, 11) is 0. The second-order valence-corrected chi connectivity index (χ2v) is 5.46. The van der Waals surface area contributed by atoms with Crippen LogP contribution in [-0.2, 0) is 4.79 Å². The van der Waals surface area contributed by atoms with E-state index in [0.29, 0.717) is 0 Å². The first-order valence-electron chi connectivity index (χ1n) is 7.04. The fraction of sp³-hybridized carbons (Fsp3) is 0.429. The monoisotopic (exact) mass is 361 g/mol. The van der Waals surface area contributed by atoms with Gasteiger partial charge in [0.15, 0.2) is 11.9 Å². The van der Waals surface area contributed by atoms with Crippen LogP contribution in [0.15, 0.2) is 29.4 Å². The number of hydrogen-bond acceptors (Lipinski definition) is 6. The maximum absolute atomic E-state index is 13.1. The van der Waals surface area contributed by atoms with Crippen molar-refractivity contribution in [1.82, 2.24) is 5.01 Å². The molecule has 1 aliphatic heterocycles. The van der Waals surface area contributed by atoms with Crippen molar-refractivity contribution in [3.8, 4) is 5.75 Å². The lowest BCUT2D eigenvalue weighted by Gasteiger charge is -2.33. The van der Waals surface area contributed by atoms with Crippen LogP contribution in [0.2, 0.25) is 0 Å². The molecule has 0 unspecified atom stereocenters. The topological polar surface area (TPSA) is 105 Å². The van der Waals surface area contributed by atoms with Crippen LogP contribution >= 0.6 is 0 Å². The number of hydrogen-bond donors (Lipinski definition) is 1. The Morgan fingerprint density at radius 3 is 2.64 bits per heavy atom. The lowest BCUT2D eigenvalue weighted by atomic mass is 10.1. The van der Waals surface area contributed by atoms with Crippen molar-refractivity contribution < 1.29 is 32.7 Å². The molecule has 2 rings (SSSR count). The highest BCUT2D eigenvalue weighted by Gasteiger charge is 2.63. The molecule has 1 heterocycles. The lowest BCUT2D eigenvalue weighted by molar-refractivity contribution is -0.386. The number of ether oxygens (including phenoxy) is 1. The average Bonchev–Trinajstić information content (AvgIpc) is 2.82. The second-order valence-electron chi connectivity index (χ2n) is 5.46. The van der Waals surface area contributed by atoms with Crippen LogP contribution in [0.1, 0.15) is 20.3 Å². The Labute approximate surface area is 139 Å². The highest BCUT2D eigenvalue weighted by Crippen LogP contribution is 2.40. The van der Waals surface area contributed by atoms with Crippen LogP contribution in [0.4, 0.5) is 18.9 Å². The zero-order valence-electron chi connectivity index (χ0n) is 13.1. The Morgan fingerprint density at radius 2 is 2.08 bits per heavy atom. The molecule has 0 fully saturated rings. The first kappa shape index (κ1) is 18.6. The van der Waals surface area contributed by atoms with Gasteiger partial charge in [-0.2, -0.15) is 23.3 Å². The third-order valence-electron chi connectivity index (χ3n) is 3.50. The van der Waals surface area contributed by atoms with Gasteiger partial charge >= 0.3 is 11.9 Å². The Hall–Kier alpha value is -2.69. The number of benzene rings is 1. The molecule has 0 spiro atoms. The van der Waals surface area contributed by atoms with Crippen molar-refractivity contribution in [2.45, 2.75) is 38.3 Å². The number of nitro groups is 1. The number of nitro benzene ring substituents is 1. The van der Waals surface area contributed by atoms with Crippen LogP contribution in [-0.4, -0.2) is 44.7 Å². The van der Waals surface area contributed by atoms with E-state index >= 15 is 0 Å². The molecule has 8 nitrogen and oxygen atoms in total. The molecule has 0 aliphatic carbocycles. The van der Waals surface area contributed by atoms with Crippen molar-refractivity contribution in [3.63, 3.8) is 0 Å². The van der Waals surface area contributed by atoms with E-state index in [1.165, 1.54) is 25.1 Å². The van der Waals surface area contributed by atoms with Crippen molar-refractivity contribution in [1.29, 1.82) is 0 Å². The second kappa shape index (κ2) is 6.31. The molecule has 25 heavy (non-hydrogen) atoms. The fourth-order valence-electron chi connectivity index (χ4n) is 2.29. The molecule has 1 N–H and O–H groups in total. The predicted octanol–water partition coefficient (Wildman–Crippen LogP) is 2.22. The summed E-state index contributed by atoms with van der Waals surface area (Å²) in [5.74, 6) is -1.57. The molecular formula is C14H14F3N3O5. The fourth-order valence-corrected chi connectivity index (χ4v) is 2.29. The standard InChI is InChI=1S/C14H14F3N3O5/c1-8-7-13(22,14(15,16)17)19(18-8)12(21)9(2)25-11-6-4-3-5-10(11)20(23)24/h3-6,9,22H,7H2,1-2H3/t9-,13+/m1/s1. The normalized spacial score (nSPS) is 21.7. The maximum atomic E-state index is 13.1. The highest BCUT2D eigenvalue weighted by atomic mass is 19.4. The molecule has 0 aromatic heterocycles. The summed E-state index contributed by atoms with van der Waals surface area (Å²) < 4.78 is 44.6. The molecule has 136 valence electrons. The van der Waals surface area contributed by atoms with Crippen LogP contribution in [0.3, 0.4) is 0 Å². The summed E-state index contributed by atoms with van der Waals surface area (Å²) in [5.41, 5.74) is -4.02. The van der Waals surface area contributed by atoms with Gasteiger partial charge in [0.1, 0.15) is 0 Å². The van der Waals surface area contributed by atoms with Crippen molar-refractivity contribution in [2.24, 2.45) is 5.10 Å². The average molecular weight is 361 g/mol. The van der Waals surface area contributed by atoms with E-state index in [4.69, 9.17) is 4.74 Å². The minimum Gasteiger partial charge on any atom is -0.474 e. The number of para-hydroxylation sites is 2. The SMILES string of the molecule is CC1=NN(C(=O)[C@@H](C)Oc2ccccc2[N+](=O)[O-])[C@@](O)(C(F)(F)F)C1. The molecule has 11 heteroatoms. The number of alkyl halides is 3. The number of hydrazone groups is 1. The molecule has 1 aromatic carbocycles. The molecule has 2 atom stereocenters. The molecule has 0 radical (unpaired) electrons. The van der Waals surface area contributed by atoms with Gasteiger partial charge in [0.2, 0.25) is 0 Å². The van der Waals surface area contributed by atoms with E-state index in [1.807, 2.05) is 0 Å². The summed E-state index contributed by atoms with van der Waals surface area (Å²) >= 11 is 0. The Morgan fingerprint density at radius 1 is 1.48 bits per heavy atom. The minimum atomic E-state index is -5.14. The minimum absolute atomic E-state index is 0.0816. The van der Waals surface area contributed by atoms with Gasteiger partial charge in [0.05, 0.1) is 4.92 Å². The van der Waals surface area contributed by atoms with Crippen molar-refractivity contribution in [2.75, 3.05) is 0 Å². The number of amides is 1. The van der Waals surface area contributed by atoms with E-state index in [9.17, 15) is 33.2 Å². The molecule has 1 aromatic rings. The predicted molar refractivity (Wildman–Crippen MR) is 78.8 cm³/mol. The van der Waals surface area contributed by atoms with Crippen LogP contribution in [0.25, 0.3) is 0 Å². The molecule has 0 saturated carbocycles. The summed E-state index contributed by atoms with van der Waals surface area (Å²) in [6, 6.07) is 5.10. The Kier molecular flexibility index (Phi) is 4.71. The van der Waals surface area contributed by atoms with Crippen molar-refractivity contribution >= 4 is 17.3 Å². The van der Waals surface area contributed by atoms with Gasteiger partial charge in [-0.05, 0) is 19.9 Å². The number of carbonyl (C=O) groups is 1. The summed E-state index contributed by atoms with van der Waals surface area (Å²) in [6.07, 6.45) is -7.58. The van der Waals surface area contributed by atoms with E-state index in [0.717, 1.165) is 13.0 Å². The Balaban J connectivity index is 2.27. The first-order valence-corrected chi connectivity index (χ1v) is 7.04. The summed E-state index contributed by atoms with van der Waals surface area (Å²) in [4.78, 5) is 22.5. The number of nitrogens with zero attached hydrogens (tertiary/aromatic N) is 3. The largest absolute Gasteiger partial charge is 0.474 e. The van der Waals surface area contributed by atoms with Gasteiger partial charge in [-0.15, -0.1) is 0 Å². The number of aliphatic hydroxyl groups is 1. The third kappa shape index (κ3) is 3.40. The molecule has 1 aliphatic rings. The summed E-state index contributed by atoms with van der Waals surface area (Å²) in [6.45, 7) is 2.34. The Bertz CT molecular complexity index is 737. The van der Waals surface area contributed by atoms with Crippen LogP contribution in [0, 0.1) is 10.1 Å². The van der Waals surface area contributed by atoms with Gasteiger partial charge in [0, 0.05) is 18.2 Å². The van der Waals surface area contributed by atoms with Gasteiger partial charge < -0.3 is 9.84 Å². The van der Waals surface area contributed by atoms with Crippen LogP contribution < -0.4 is 4.74 Å². The molecule has 0 bridgehead atoms. The summed E-state index contributed by atoms with van der Waals surface area (Å²) in [5, 5.41) is 24.2. The third-order valence-corrected chi connectivity index (χ3v) is 3.50. The zero-order chi connectivity index (χ0) is 19.0. The number of rotatable bonds is 4. The number of halogens is 3. The van der Waals surface area contributed by atoms with E-state index in [2.05, 4.69) is 5.10 Å². The van der Waals surface area contributed by atoms with E-state index < -0.39 is 40.9 Å². The van der Waals surface area contributed by atoms with Crippen LogP contribution in [0.5, 0.6) is 5.75 Å². The number of carbonyl (C=O) groups excluding carboxylic acids is 1. The smallest absolute Gasteiger partial charge is 0.438 e. The zero-order valence-corrected chi connectivity index (χ0v) is 13.1. The molecule has 0 saturated heterocycles. The lowest BCUT2D eigenvalue weighted by Crippen LogP contribution is -2.58. The van der Waals surface area contributed by atoms with E-state index in [-0.39, 0.29) is 16.5 Å². The van der Waals surface area contributed by atoms with Gasteiger partial charge in [-0.1, -0.05) is 12.1 Å². The molecule has 1 amide bonds.